The number of likely N-dealkylation sites (N-methyl/N-ethyl adjacent to an activating group) is 1. The number of hydrogen-bond acceptors (Lipinski definition) is 20. The second-order valence-corrected chi connectivity index (χ2v) is 31.0. The number of rotatable bonds is 28. The predicted octanol–water partition coefficient (Wildman–Crippen LogP) is 6.30. The van der Waals surface area contributed by atoms with Crippen LogP contribution in [0.5, 0.6) is 0 Å². The van der Waals surface area contributed by atoms with Crippen molar-refractivity contribution in [3.8, 4) is 11.8 Å². The van der Waals surface area contributed by atoms with Crippen LogP contribution in [0, 0.1) is 11.8 Å². The molecule has 2 unspecified atom stereocenters. The highest BCUT2D eigenvalue weighted by Crippen LogP contribution is 2.66. The summed E-state index contributed by atoms with van der Waals surface area (Å²) in [6, 6.07) is 9.18. The molecule has 3 aliphatic rings. The highest BCUT2D eigenvalue weighted by molar-refractivity contribution is 8.76. The van der Waals surface area contributed by atoms with Gasteiger partial charge in [0.15, 0.2) is 5.71 Å². The van der Waals surface area contributed by atoms with Crippen LogP contribution in [0.25, 0.3) is 11.0 Å². The lowest BCUT2D eigenvalue weighted by atomic mass is 9.81. The maximum atomic E-state index is 12.8. The quantitative estimate of drug-likeness (QED) is 0.00566. The lowest BCUT2D eigenvalue weighted by Gasteiger charge is -2.25. The number of nitrogen functional groups attached to an aromatic ring is 1. The lowest BCUT2D eigenvalue weighted by molar-refractivity contribution is -0.438. The molecule has 7 rings (SSSR count). The van der Waals surface area contributed by atoms with Gasteiger partial charge >= 0.3 is 23.5 Å². The lowest BCUT2D eigenvalue weighted by Crippen LogP contribution is -2.28. The van der Waals surface area contributed by atoms with E-state index in [4.69, 9.17) is 20.3 Å². The van der Waals surface area contributed by atoms with Gasteiger partial charge < -0.3 is 55.3 Å². The van der Waals surface area contributed by atoms with Crippen molar-refractivity contribution in [1.29, 1.82) is 0 Å². The van der Waals surface area contributed by atoms with Crippen LogP contribution in [0.3, 0.4) is 0 Å². The average Bonchev–Trinajstić information content (AvgIpc) is 1.67. The Morgan fingerprint density at radius 2 is 1.55 bits per heavy atom. The molecule has 1 saturated heterocycles. The summed E-state index contributed by atoms with van der Waals surface area (Å²) in [5.41, 5.74) is 10.5. The minimum Gasteiger partial charge on any atom is -0.390 e. The maximum Gasteiger partial charge on any atom is 0.490 e. The number of phosphoric acid groups is 3. The van der Waals surface area contributed by atoms with Crippen LogP contribution in [0.2, 0.25) is 0 Å². The second kappa shape index (κ2) is 28.4. The van der Waals surface area contributed by atoms with E-state index in [0.717, 1.165) is 40.3 Å². The number of nitrogens with zero attached hydrogens (tertiary/aromatic N) is 5. The van der Waals surface area contributed by atoms with Crippen LogP contribution in [0.1, 0.15) is 96.1 Å². The molecule has 5 atom stereocenters. The zero-order chi connectivity index (χ0) is 63.9. The molecule has 474 valence electrons. The monoisotopic (exact) mass is 1350 g/mol. The molecule has 0 spiro atoms. The van der Waals surface area contributed by atoms with Crippen molar-refractivity contribution in [3.63, 3.8) is 0 Å². The zero-order valence-corrected chi connectivity index (χ0v) is 53.6. The number of phosphoric ester groups is 1. The number of aliphatic hydroxyl groups is 1. The average molecular weight is 1350 g/mol. The number of benzene rings is 2. The van der Waals surface area contributed by atoms with E-state index in [1.807, 2.05) is 65.0 Å². The summed E-state index contributed by atoms with van der Waals surface area (Å²) in [6.07, 6.45) is 11.2. The summed E-state index contributed by atoms with van der Waals surface area (Å²) >= 11 is 0. The van der Waals surface area contributed by atoms with E-state index in [2.05, 4.69) is 55.1 Å². The maximum absolute atomic E-state index is 12.8. The van der Waals surface area contributed by atoms with Crippen molar-refractivity contribution in [2.75, 3.05) is 54.9 Å². The number of fused-ring (bicyclic) bond motifs is 3. The minimum absolute atomic E-state index is 0.0332. The Morgan fingerprint density at radius 3 is 2.24 bits per heavy atom. The van der Waals surface area contributed by atoms with E-state index in [1.54, 1.807) is 12.1 Å². The first-order valence-electron chi connectivity index (χ1n) is 26.8. The molecule has 0 radical (unpaired) electrons. The number of nitrogens with two attached hydrogens (primary N) is 1. The molecule has 0 saturated carbocycles. The van der Waals surface area contributed by atoms with Crippen LogP contribution >= 0.6 is 45.1 Å². The molecule has 2 aromatic heterocycles. The van der Waals surface area contributed by atoms with Crippen LogP contribution in [0.15, 0.2) is 94.8 Å². The Morgan fingerprint density at radius 1 is 0.874 bits per heavy atom. The number of amides is 2. The van der Waals surface area contributed by atoms with E-state index < -0.39 is 79.6 Å². The molecule has 35 heteroatoms. The van der Waals surface area contributed by atoms with E-state index in [-0.39, 0.29) is 52.5 Å². The largest absolute Gasteiger partial charge is 0.490 e. The Bertz CT molecular complexity index is 3860. The van der Waals surface area contributed by atoms with Crippen LogP contribution in [-0.4, -0.2) is 144 Å². The van der Waals surface area contributed by atoms with Crippen molar-refractivity contribution < 1.29 is 96.4 Å². The molecule has 87 heavy (non-hydrogen) atoms. The topological polar surface area (TPSA) is 419 Å². The van der Waals surface area contributed by atoms with E-state index in [9.17, 15) is 64.1 Å². The number of aromatic nitrogens is 3. The molecule has 0 aliphatic carbocycles. The van der Waals surface area contributed by atoms with Crippen molar-refractivity contribution >= 4 is 111 Å². The smallest absolute Gasteiger partial charge is 0.390 e. The fourth-order valence-corrected chi connectivity index (χ4v) is 16.1. The minimum atomic E-state index is -5.77. The van der Waals surface area contributed by atoms with Crippen molar-refractivity contribution in [3.05, 3.63) is 102 Å². The Hall–Kier alpha value is -5.10. The fraction of sp³-hybridized carbons (Fsp3) is 0.442. The number of hydrogen-bond donors (Lipinski definition) is 10. The zero-order valence-electron chi connectivity index (χ0n) is 47.7. The SMILES string of the molecule is CCN1/C(=C/C=C/C=C/C2=[N+](CCCCCC(=O)NCCSSCCC(=O)NCC#Cc3cn([C@H]4C[C@H](O)[C@@H](COP(=O)(O)OP(=O)(O)OP(=O)(O)O)O4)c4ncnc(N)c34)c3ccc(S(=O)(=O)O)cc3C2(C)C)C(C)(C)c2cc(S(=O)(=O)O)ccc21. The molecule has 3 aliphatic heterocycles. The molecular formula is C52H68N8O20P3S4+. The highest BCUT2D eigenvalue weighted by atomic mass is 33.1. The van der Waals surface area contributed by atoms with Gasteiger partial charge in [0.25, 0.3) is 20.2 Å². The van der Waals surface area contributed by atoms with Gasteiger partial charge in [-0.1, -0.05) is 65.5 Å². The van der Waals surface area contributed by atoms with E-state index >= 15 is 0 Å². The highest BCUT2D eigenvalue weighted by Gasteiger charge is 2.46. The second-order valence-electron chi connectivity index (χ2n) is 21.0. The van der Waals surface area contributed by atoms with Crippen LogP contribution in [0.4, 0.5) is 17.2 Å². The summed E-state index contributed by atoms with van der Waals surface area (Å²) in [7, 11) is -22.7. The molecule has 2 amide bonds. The third-order valence-electron chi connectivity index (χ3n) is 14.2. The van der Waals surface area contributed by atoms with Crippen LogP contribution < -0.4 is 21.3 Å². The van der Waals surface area contributed by atoms with Gasteiger partial charge in [-0.3, -0.25) is 23.2 Å². The number of aliphatic hydroxyl groups excluding tert-OH is 1. The van der Waals surface area contributed by atoms with Gasteiger partial charge in [0, 0.05) is 91.0 Å². The Balaban J connectivity index is 0.828. The third-order valence-corrected chi connectivity index (χ3v) is 22.1. The van der Waals surface area contributed by atoms with Gasteiger partial charge in [-0.25, -0.2) is 23.7 Å². The predicted molar refractivity (Wildman–Crippen MR) is 325 cm³/mol. The summed E-state index contributed by atoms with van der Waals surface area (Å²) in [6.45, 7) is 10.7. The number of unbranched alkanes of at least 4 members (excludes halogenated alkanes) is 2. The Kier molecular flexibility index (Phi) is 22.6. The number of nitrogens with one attached hydrogen (secondary N) is 2. The number of ether oxygens (including phenoxy) is 1. The summed E-state index contributed by atoms with van der Waals surface area (Å²) in [5.74, 6) is 6.57. The van der Waals surface area contributed by atoms with Crippen LogP contribution in [-0.2, 0) is 72.2 Å². The molecule has 11 N–H and O–H groups in total. The Labute approximate surface area is 510 Å². The van der Waals surface area contributed by atoms with Gasteiger partial charge in [-0.15, -0.1) is 0 Å². The van der Waals surface area contributed by atoms with Gasteiger partial charge in [0.1, 0.15) is 36.7 Å². The molecule has 2 aromatic carbocycles. The fourth-order valence-electron chi connectivity index (χ4n) is 10.2. The first-order chi connectivity index (χ1) is 40.6. The molecule has 4 aromatic rings. The standard InChI is InChI=1S/C52H67N8O20P3S4/c1-6-58-39-20-18-35(86(71,72)73)28-37(39)51(2,3)43(58)15-9-7-10-16-44-52(4,5)38-29-36(87(74,75)76)19-21-40(38)59(44)25-12-8-11-17-45(62)55-24-27-85-84-26-22-46(63)54-23-13-14-34-31-60(50-48(34)49(53)56-33-57-50)47-30-41(61)42(78-47)32-77-82(67,68)80-83(69,70)79-81(64,65)66/h7,9-10,15-16,18-21,28-29,31,33,41-42,47,61H,6,8,11-12,17,22-27,30,32H2,1-5H3,(H9-,53,54,55,56,57,62,63,64,65,66,67,68,69,70,71,72,73,74,75,76)/p+1/t41-,42+,47+/m0/s1. The first-order valence-corrected chi connectivity index (χ1v) is 36.7. The molecule has 1 fully saturated rings. The number of carbonyl (C=O) groups excluding carboxylic acids is 2. The van der Waals surface area contributed by atoms with Crippen molar-refractivity contribution in [2.24, 2.45) is 0 Å². The molecule has 28 nitrogen and oxygen atoms in total. The number of anilines is 2. The molecule has 0 bridgehead atoms. The number of carbonyl (C=O) groups is 2. The van der Waals surface area contributed by atoms with Crippen molar-refractivity contribution in [2.45, 2.75) is 112 Å². The summed E-state index contributed by atoms with van der Waals surface area (Å²) in [5, 5.41) is 16.6. The van der Waals surface area contributed by atoms with Gasteiger partial charge in [-0.2, -0.15) is 30.0 Å². The van der Waals surface area contributed by atoms with Gasteiger partial charge in [0.05, 0.1) is 45.4 Å². The van der Waals surface area contributed by atoms with E-state index in [1.165, 1.54) is 62.9 Å². The van der Waals surface area contributed by atoms with Gasteiger partial charge in [-0.05, 0) is 75.6 Å². The first kappa shape index (κ1) is 69.4. The normalized spacial score (nSPS) is 20.2. The third kappa shape index (κ3) is 17.9. The van der Waals surface area contributed by atoms with Crippen molar-refractivity contribution in [1.82, 2.24) is 25.2 Å². The summed E-state index contributed by atoms with van der Waals surface area (Å²) in [4.78, 5) is 72.1. The number of allylic oxidation sites excluding steroid dienone is 6. The molecule has 5 heterocycles. The summed E-state index contributed by atoms with van der Waals surface area (Å²) < 4.78 is 124. The van der Waals surface area contributed by atoms with Gasteiger partial charge in [0.2, 0.25) is 17.5 Å². The van der Waals surface area contributed by atoms with E-state index in [0.29, 0.717) is 61.4 Å². The molecular weight excluding hydrogens is 1280 g/mol.